The monoisotopic (exact) mass is 339 g/mol. The van der Waals surface area contributed by atoms with Crippen molar-refractivity contribution in [1.29, 1.82) is 5.26 Å². The van der Waals surface area contributed by atoms with E-state index in [1.807, 2.05) is 6.07 Å². The summed E-state index contributed by atoms with van der Waals surface area (Å²) < 4.78 is 13.8. The molecule has 0 bridgehead atoms. The normalized spacial score (nSPS) is 11.2. The fourth-order valence-corrected chi connectivity index (χ4v) is 3.72. The topological polar surface area (TPSA) is 40.9 Å². The van der Waals surface area contributed by atoms with E-state index in [9.17, 15) is 14.4 Å². The van der Waals surface area contributed by atoms with Crippen LogP contribution in [0.5, 0.6) is 0 Å². The average Bonchev–Trinajstić information content (AvgIpc) is 3.24. The number of benzene rings is 1. The van der Waals surface area contributed by atoms with Crippen molar-refractivity contribution in [1.82, 2.24) is 0 Å². The third kappa shape index (κ3) is 3.29. The highest BCUT2D eigenvalue weighted by Gasteiger charge is 2.14. The molecular weight excluding hydrogens is 329 g/mol. The van der Waals surface area contributed by atoms with Gasteiger partial charge in [-0.05, 0) is 35.7 Å². The van der Waals surface area contributed by atoms with Gasteiger partial charge in [-0.25, -0.2) is 4.39 Å². The van der Waals surface area contributed by atoms with E-state index in [4.69, 9.17) is 0 Å². The van der Waals surface area contributed by atoms with Crippen molar-refractivity contribution >= 4 is 34.5 Å². The highest BCUT2D eigenvalue weighted by Crippen LogP contribution is 2.31. The Hall–Kier alpha value is -2.55. The number of hydrogen-bond acceptors (Lipinski definition) is 4. The zero-order valence-electron chi connectivity index (χ0n) is 11.8. The molecule has 0 saturated carbocycles. The minimum Gasteiger partial charge on any atom is -0.287 e. The second kappa shape index (κ2) is 6.69. The Labute approximate surface area is 140 Å². The lowest BCUT2D eigenvalue weighted by atomic mass is 10.1. The van der Waals surface area contributed by atoms with E-state index < -0.39 is 0 Å². The molecule has 0 atom stereocenters. The Bertz CT molecular complexity index is 917. The quantitative estimate of drug-likeness (QED) is 0.362. The molecule has 0 saturated heterocycles. The van der Waals surface area contributed by atoms with E-state index in [0.717, 1.165) is 9.75 Å². The van der Waals surface area contributed by atoms with Crippen molar-refractivity contribution < 1.29 is 9.18 Å². The molecule has 23 heavy (non-hydrogen) atoms. The molecule has 0 aliphatic rings. The first-order valence-electron chi connectivity index (χ1n) is 6.74. The average molecular weight is 339 g/mol. The third-order valence-corrected chi connectivity index (χ3v) is 5.10. The van der Waals surface area contributed by atoms with Gasteiger partial charge in [-0.15, -0.1) is 22.7 Å². The minimum absolute atomic E-state index is 0.0781. The van der Waals surface area contributed by atoms with Gasteiger partial charge >= 0.3 is 0 Å². The van der Waals surface area contributed by atoms with Gasteiger partial charge in [0.1, 0.15) is 17.5 Å². The first-order chi connectivity index (χ1) is 11.2. The lowest BCUT2D eigenvalue weighted by Crippen LogP contribution is -1.98. The number of halogens is 1. The van der Waals surface area contributed by atoms with Gasteiger partial charge in [0.15, 0.2) is 0 Å². The summed E-state index contributed by atoms with van der Waals surface area (Å²) in [6.45, 7) is 0. The molecule has 0 N–H and O–H groups in total. The SMILES string of the molecule is N#C/C(=C\c1ccc(-c2ccccc2F)s1)C(=O)c1cccs1. The molecule has 3 rings (SSSR count). The van der Waals surface area contributed by atoms with Crippen molar-refractivity contribution in [2.24, 2.45) is 0 Å². The van der Waals surface area contributed by atoms with Crippen molar-refractivity contribution in [3.05, 3.63) is 75.1 Å². The van der Waals surface area contributed by atoms with Crippen LogP contribution in [0.15, 0.2) is 59.5 Å². The van der Waals surface area contributed by atoms with Gasteiger partial charge in [-0.1, -0.05) is 24.3 Å². The molecule has 0 spiro atoms. The maximum absolute atomic E-state index is 13.8. The first-order valence-corrected chi connectivity index (χ1v) is 8.43. The smallest absolute Gasteiger partial charge is 0.213 e. The molecule has 112 valence electrons. The molecule has 0 amide bonds. The summed E-state index contributed by atoms with van der Waals surface area (Å²) in [6.07, 6.45) is 1.55. The summed E-state index contributed by atoms with van der Waals surface area (Å²) in [7, 11) is 0. The van der Waals surface area contributed by atoms with Crippen LogP contribution in [0.1, 0.15) is 14.5 Å². The maximum Gasteiger partial charge on any atom is 0.213 e. The fraction of sp³-hybridized carbons (Fsp3) is 0. The van der Waals surface area contributed by atoms with Crippen LogP contribution in [0.4, 0.5) is 4.39 Å². The van der Waals surface area contributed by atoms with E-state index in [0.29, 0.717) is 10.4 Å². The second-order valence-electron chi connectivity index (χ2n) is 4.66. The predicted molar refractivity (Wildman–Crippen MR) is 92.0 cm³/mol. The molecule has 0 fully saturated rings. The summed E-state index contributed by atoms with van der Waals surface area (Å²) in [5, 5.41) is 11.0. The van der Waals surface area contributed by atoms with Gasteiger partial charge in [-0.2, -0.15) is 5.26 Å². The molecule has 0 unspecified atom stereocenters. The minimum atomic E-state index is -0.292. The van der Waals surface area contributed by atoms with Crippen molar-refractivity contribution in [3.63, 3.8) is 0 Å². The lowest BCUT2D eigenvalue weighted by Gasteiger charge is -1.98. The molecule has 2 nitrogen and oxygen atoms in total. The van der Waals surface area contributed by atoms with E-state index in [2.05, 4.69) is 0 Å². The van der Waals surface area contributed by atoms with Crippen LogP contribution in [0.2, 0.25) is 0 Å². The number of thiophene rings is 2. The number of carbonyl (C=O) groups is 1. The summed E-state index contributed by atoms with van der Waals surface area (Å²) in [6, 6.07) is 15.5. The number of allylic oxidation sites excluding steroid dienone is 1. The van der Waals surface area contributed by atoms with Gasteiger partial charge in [0.2, 0.25) is 5.78 Å². The van der Waals surface area contributed by atoms with Gasteiger partial charge in [0, 0.05) is 15.3 Å². The number of hydrogen-bond donors (Lipinski definition) is 0. The van der Waals surface area contributed by atoms with E-state index in [1.54, 1.807) is 53.9 Å². The van der Waals surface area contributed by atoms with Crippen LogP contribution in [0, 0.1) is 17.1 Å². The van der Waals surface area contributed by atoms with Gasteiger partial charge in [0.05, 0.1) is 4.88 Å². The summed E-state index contributed by atoms with van der Waals surface area (Å²) in [5.41, 5.74) is 0.592. The van der Waals surface area contributed by atoms with Crippen molar-refractivity contribution in [2.75, 3.05) is 0 Å². The molecule has 5 heteroatoms. The fourth-order valence-electron chi connectivity index (χ4n) is 2.07. The lowest BCUT2D eigenvalue weighted by molar-refractivity contribution is 0.104. The zero-order chi connectivity index (χ0) is 16.2. The number of carbonyl (C=O) groups excluding carboxylic acids is 1. The summed E-state index contributed by atoms with van der Waals surface area (Å²) in [5.74, 6) is -0.580. The van der Waals surface area contributed by atoms with Crippen LogP contribution in [0.3, 0.4) is 0 Å². The number of nitriles is 1. The highest BCUT2D eigenvalue weighted by atomic mass is 32.1. The molecular formula is C18H10FNOS2. The van der Waals surface area contributed by atoms with Crippen LogP contribution >= 0.6 is 22.7 Å². The molecule has 2 heterocycles. The highest BCUT2D eigenvalue weighted by molar-refractivity contribution is 7.16. The van der Waals surface area contributed by atoms with Crippen molar-refractivity contribution in [2.45, 2.75) is 0 Å². The third-order valence-electron chi connectivity index (χ3n) is 3.16. The maximum atomic E-state index is 13.8. The largest absolute Gasteiger partial charge is 0.287 e. The van der Waals surface area contributed by atoms with E-state index in [-0.39, 0.29) is 17.2 Å². The van der Waals surface area contributed by atoms with Crippen LogP contribution in [-0.2, 0) is 0 Å². The zero-order valence-corrected chi connectivity index (χ0v) is 13.5. The molecule has 2 aromatic heterocycles. The Morgan fingerprint density at radius 3 is 2.65 bits per heavy atom. The van der Waals surface area contributed by atoms with Crippen LogP contribution < -0.4 is 0 Å². The molecule has 0 aliphatic carbocycles. The molecule has 0 radical (unpaired) electrons. The number of ketones is 1. The number of Topliss-reactive ketones (excluding diaryl/α,β-unsaturated/α-hetero) is 1. The molecule has 0 aliphatic heterocycles. The Balaban J connectivity index is 1.92. The molecule has 3 aromatic rings. The Morgan fingerprint density at radius 1 is 1.13 bits per heavy atom. The predicted octanol–water partition coefficient (Wildman–Crippen LogP) is 5.41. The summed E-state index contributed by atoms with van der Waals surface area (Å²) in [4.78, 5) is 14.3. The van der Waals surface area contributed by atoms with Gasteiger partial charge in [0.25, 0.3) is 0 Å². The Kier molecular flexibility index (Phi) is 4.47. The number of nitrogens with zero attached hydrogens (tertiary/aromatic N) is 1. The van der Waals surface area contributed by atoms with Gasteiger partial charge in [-0.3, -0.25) is 4.79 Å². The molecule has 1 aromatic carbocycles. The van der Waals surface area contributed by atoms with Crippen molar-refractivity contribution in [3.8, 4) is 16.5 Å². The second-order valence-corrected chi connectivity index (χ2v) is 6.72. The van der Waals surface area contributed by atoms with E-state index >= 15 is 0 Å². The number of rotatable bonds is 4. The Morgan fingerprint density at radius 2 is 1.96 bits per heavy atom. The first kappa shape index (κ1) is 15.3. The van der Waals surface area contributed by atoms with Gasteiger partial charge < -0.3 is 0 Å². The van der Waals surface area contributed by atoms with Crippen LogP contribution in [0.25, 0.3) is 16.5 Å². The summed E-state index contributed by atoms with van der Waals surface area (Å²) >= 11 is 2.64. The van der Waals surface area contributed by atoms with Crippen LogP contribution in [-0.4, -0.2) is 5.78 Å². The standard InChI is InChI=1S/C18H10FNOS2/c19-15-5-2-1-4-14(15)16-8-7-13(23-16)10-12(11-20)18(21)17-6-3-9-22-17/h1-10H/b12-10+. The van der Waals surface area contributed by atoms with E-state index in [1.165, 1.54) is 28.7 Å².